The van der Waals surface area contributed by atoms with E-state index >= 15 is 0 Å². The Morgan fingerprint density at radius 1 is 1.33 bits per heavy atom. The minimum atomic E-state index is -0.419. The number of aromatic nitrogens is 1. The van der Waals surface area contributed by atoms with Crippen molar-refractivity contribution in [3.05, 3.63) is 46.9 Å². The van der Waals surface area contributed by atoms with Crippen molar-refractivity contribution in [1.29, 1.82) is 0 Å². The minimum Gasteiger partial charge on any atom is -0.425 e. The summed E-state index contributed by atoms with van der Waals surface area (Å²) < 4.78 is 11.8. The Kier molecular flexibility index (Phi) is 2.19. The summed E-state index contributed by atoms with van der Waals surface area (Å²) in [4.78, 5) is 22.6. The summed E-state index contributed by atoms with van der Waals surface area (Å²) in [5.41, 5.74) is 0.641. The second kappa shape index (κ2) is 3.73. The number of hydrogen-bond donors (Lipinski definition) is 0. The summed E-state index contributed by atoms with van der Waals surface area (Å²) >= 11 is 0. The summed E-state index contributed by atoms with van der Waals surface area (Å²) in [7, 11) is 0. The normalized spacial score (nSPS) is 10.9. The smallest absolute Gasteiger partial charge is 0.346 e. The Balaban J connectivity index is 2.36. The van der Waals surface area contributed by atoms with Crippen LogP contribution in [0.5, 0.6) is 5.75 Å². The number of carbonyl (C=O) groups excluding carboxylic acids is 1. The van der Waals surface area contributed by atoms with Gasteiger partial charge in [-0.15, -0.1) is 0 Å². The minimum absolute atomic E-state index is 0.343. The van der Waals surface area contributed by atoms with Gasteiger partial charge in [0.05, 0.1) is 17.1 Å². The van der Waals surface area contributed by atoms with E-state index in [1.165, 1.54) is 13.0 Å². The van der Waals surface area contributed by atoms with Gasteiger partial charge in [0.25, 0.3) is 0 Å². The topological polar surface area (TPSA) is 60.9 Å². The Morgan fingerprint density at radius 2 is 2.11 bits per heavy atom. The monoisotopic (exact) mass is 243 g/mol. The average Bonchev–Trinajstić information content (AvgIpc) is 2.71. The molecule has 0 aliphatic carbocycles. The molecule has 18 heavy (non-hydrogen) atoms. The first-order valence-electron chi connectivity index (χ1n) is 5.37. The van der Waals surface area contributed by atoms with Gasteiger partial charge in [-0.2, -0.15) is 0 Å². The zero-order valence-electron chi connectivity index (χ0n) is 9.54. The van der Waals surface area contributed by atoms with Gasteiger partial charge in [-0.1, -0.05) is 12.1 Å². The predicted molar refractivity (Wildman–Crippen MR) is 64.7 cm³/mol. The van der Waals surface area contributed by atoms with Crippen LogP contribution in [0.25, 0.3) is 16.6 Å². The fourth-order valence-corrected chi connectivity index (χ4v) is 1.91. The van der Waals surface area contributed by atoms with Crippen LogP contribution >= 0.6 is 0 Å². The molecule has 0 atom stereocenters. The molecule has 0 N–H and O–H groups in total. The molecule has 0 radical (unpaired) electrons. The van der Waals surface area contributed by atoms with Crippen molar-refractivity contribution in [2.45, 2.75) is 6.92 Å². The van der Waals surface area contributed by atoms with E-state index in [2.05, 4.69) is 0 Å². The second-order valence-corrected chi connectivity index (χ2v) is 3.88. The van der Waals surface area contributed by atoms with Gasteiger partial charge < -0.3 is 9.15 Å². The van der Waals surface area contributed by atoms with Gasteiger partial charge in [-0.25, -0.2) is 4.79 Å². The van der Waals surface area contributed by atoms with E-state index in [0.29, 0.717) is 22.4 Å². The van der Waals surface area contributed by atoms with Gasteiger partial charge in [-0.05, 0) is 12.1 Å². The lowest BCUT2D eigenvalue weighted by molar-refractivity contribution is -0.131. The lowest BCUT2D eigenvalue weighted by atomic mass is 10.2. The van der Waals surface area contributed by atoms with Gasteiger partial charge in [0.15, 0.2) is 5.75 Å². The SMILES string of the molecule is CC(=O)Oc1cc2oc(=O)c3ccccc3n2c1. The van der Waals surface area contributed by atoms with Crippen molar-refractivity contribution in [3.63, 3.8) is 0 Å². The van der Waals surface area contributed by atoms with Crippen LogP contribution in [0, 0.1) is 0 Å². The molecule has 3 aromatic rings. The van der Waals surface area contributed by atoms with E-state index in [1.807, 2.05) is 6.07 Å². The Hall–Kier alpha value is -2.56. The lowest BCUT2D eigenvalue weighted by Crippen LogP contribution is -2.02. The van der Waals surface area contributed by atoms with Crippen LogP contribution in [0.15, 0.2) is 45.7 Å². The zero-order chi connectivity index (χ0) is 12.7. The molecule has 90 valence electrons. The lowest BCUT2D eigenvalue weighted by Gasteiger charge is -1.99. The maximum absolute atomic E-state index is 11.7. The molecule has 5 nitrogen and oxygen atoms in total. The molecule has 0 amide bonds. The number of esters is 1. The van der Waals surface area contributed by atoms with Crippen molar-refractivity contribution in [2.24, 2.45) is 0 Å². The average molecular weight is 243 g/mol. The molecule has 0 saturated carbocycles. The molecule has 2 heterocycles. The molecule has 0 bridgehead atoms. The molecule has 0 saturated heterocycles. The maximum Gasteiger partial charge on any atom is 0.346 e. The third-order valence-electron chi connectivity index (χ3n) is 2.60. The van der Waals surface area contributed by atoms with E-state index in [9.17, 15) is 9.59 Å². The van der Waals surface area contributed by atoms with Crippen LogP contribution < -0.4 is 10.4 Å². The van der Waals surface area contributed by atoms with Gasteiger partial charge in [0.2, 0.25) is 5.71 Å². The molecular weight excluding hydrogens is 234 g/mol. The number of rotatable bonds is 1. The molecule has 0 fully saturated rings. The molecule has 5 heteroatoms. The van der Waals surface area contributed by atoms with Gasteiger partial charge in [-0.3, -0.25) is 9.20 Å². The highest BCUT2D eigenvalue weighted by molar-refractivity contribution is 5.80. The van der Waals surface area contributed by atoms with E-state index in [-0.39, 0.29) is 0 Å². The fourth-order valence-electron chi connectivity index (χ4n) is 1.91. The number of para-hydroxylation sites is 1. The largest absolute Gasteiger partial charge is 0.425 e. The van der Waals surface area contributed by atoms with E-state index < -0.39 is 11.6 Å². The Morgan fingerprint density at radius 3 is 2.89 bits per heavy atom. The highest BCUT2D eigenvalue weighted by Gasteiger charge is 2.10. The van der Waals surface area contributed by atoms with Gasteiger partial charge in [0, 0.05) is 13.0 Å². The van der Waals surface area contributed by atoms with Crippen LogP contribution in [0.1, 0.15) is 6.92 Å². The predicted octanol–water partition coefficient (Wildman–Crippen LogP) is 1.97. The number of nitrogens with zero attached hydrogens (tertiary/aromatic N) is 1. The van der Waals surface area contributed by atoms with Gasteiger partial charge >= 0.3 is 11.6 Å². The molecule has 0 aliphatic heterocycles. The van der Waals surface area contributed by atoms with Crippen molar-refractivity contribution >= 4 is 22.6 Å². The van der Waals surface area contributed by atoms with Crippen LogP contribution in [0.4, 0.5) is 0 Å². The third kappa shape index (κ3) is 1.57. The standard InChI is InChI=1S/C13H9NO4/c1-8(15)17-9-6-12-14(7-9)11-5-3-2-4-10(11)13(16)18-12/h2-7H,1H3. The van der Waals surface area contributed by atoms with E-state index in [1.54, 1.807) is 28.8 Å². The first kappa shape index (κ1) is 10.6. The second-order valence-electron chi connectivity index (χ2n) is 3.88. The molecule has 3 rings (SSSR count). The first-order chi connectivity index (χ1) is 8.65. The number of benzene rings is 1. The Bertz CT molecular complexity index is 813. The van der Waals surface area contributed by atoms with Gasteiger partial charge in [0.1, 0.15) is 0 Å². The van der Waals surface area contributed by atoms with Crippen LogP contribution in [0.2, 0.25) is 0 Å². The van der Waals surface area contributed by atoms with Crippen molar-refractivity contribution in [2.75, 3.05) is 0 Å². The number of ether oxygens (including phenoxy) is 1. The van der Waals surface area contributed by atoms with Crippen molar-refractivity contribution in [1.82, 2.24) is 4.40 Å². The maximum atomic E-state index is 11.7. The molecule has 0 spiro atoms. The zero-order valence-corrected chi connectivity index (χ0v) is 9.54. The molecule has 2 aromatic heterocycles. The van der Waals surface area contributed by atoms with E-state index in [4.69, 9.17) is 9.15 Å². The van der Waals surface area contributed by atoms with Crippen LogP contribution in [-0.2, 0) is 4.79 Å². The summed E-state index contributed by atoms with van der Waals surface area (Å²) in [6.45, 7) is 1.32. The summed E-state index contributed by atoms with van der Waals surface area (Å²) in [6.07, 6.45) is 1.61. The quantitative estimate of drug-likeness (QED) is 0.613. The highest BCUT2D eigenvalue weighted by Crippen LogP contribution is 2.21. The Labute approximate surface area is 101 Å². The molecule has 1 aromatic carbocycles. The summed E-state index contributed by atoms with van der Waals surface area (Å²) in [5.74, 6) is -0.0699. The molecule has 0 aliphatic rings. The fraction of sp³-hybridized carbons (Fsp3) is 0.0769. The number of hydrogen-bond acceptors (Lipinski definition) is 4. The van der Waals surface area contributed by atoms with Crippen molar-refractivity contribution in [3.8, 4) is 5.75 Å². The molecule has 0 unspecified atom stereocenters. The highest BCUT2D eigenvalue weighted by atomic mass is 16.5. The number of fused-ring (bicyclic) bond motifs is 3. The third-order valence-corrected chi connectivity index (χ3v) is 2.60. The summed E-state index contributed by atoms with van der Waals surface area (Å²) in [6, 6.07) is 8.59. The van der Waals surface area contributed by atoms with Crippen molar-refractivity contribution < 1.29 is 13.9 Å². The number of carbonyl (C=O) groups is 1. The first-order valence-corrected chi connectivity index (χ1v) is 5.37. The van der Waals surface area contributed by atoms with Crippen LogP contribution in [0.3, 0.4) is 0 Å². The molecular formula is C13H9NO4. The summed E-state index contributed by atoms with van der Waals surface area (Å²) in [5, 5.41) is 0.481. The van der Waals surface area contributed by atoms with Crippen LogP contribution in [-0.4, -0.2) is 10.4 Å². The van der Waals surface area contributed by atoms with E-state index in [0.717, 1.165) is 0 Å².